The predicted molar refractivity (Wildman–Crippen MR) is 99.5 cm³/mol. The van der Waals surface area contributed by atoms with Crippen molar-refractivity contribution in [1.82, 2.24) is 25.1 Å². The highest BCUT2D eigenvalue weighted by Crippen LogP contribution is 2.28. The Kier molecular flexibility index (Phi) is 5.73. The smallest absolute Gasteiger partial charge is 0.257 e. The number of rotatable bonds is 6. The van der Waals surface area contributed by atoms with Gasteiger partial charge in [0.1, 0.15) is 19.3 Å². The number of hydrogen-bond donors (Lipinski definition) is 1. The molecule has 1 aliphatic rings. The van der Waals surface area contributed by atoms with E-state index < -0.39 is 13.0 Å². The quantitative estimate of drug-likeness (QED) is 0.698. The topological polar surface area (TPSA) is 74.1 Å². The lowest BCUT2D eigenvalue weighted by atomic mass is 10.2. The maximum absolute atomic E-state index is 12.6. The van der Waals surface area contributed by atoms with Crippen LogP contribution in [0, 0.1) is 0 Å². The molecule has 0 amide bonds. The third-order valence-corrected chi connectivity index (χ3v) is 4.45. The number of halogens is 2. The lowest BCUT2D eigenvalue weighted by Gasteiger charge is -2.16. The highest BCUT2D eigenvalue weighted by molar-refractivity contribution is 5.86. The summed E-state index contributed by atoms with van der Waals surface area (Å²) in [5.41, 5.74) is 1.91. The zero-order valence-corrected chi connectivity index (χ0v) is 15.2. The van der Waals surface area contributed by atoms with E-state index in [4.69, 9.17) is 9.47 Å². The molecule has 0 saturated carbocycles. The molecule has 28 heavy (non-hydrogen) atoms. The molecule has 3 aromatic rings. The first-order valence-corrected chi connectivity index (χ1v) is 9.21. The Bertz CT molecular complexity index is 926. The average Bonchev–Trinajstić information content (AvgIpc) is 2.99. The van der Waals surface area contributed by atoms with Crippen LogP contribution < -0.4 is 10.1 Å². The van der Waals surface area contributed by atoms with Crippen molar-refractivity contribution in [3.05, 3.63) is 36.8 Å². The van der Waals surface area contributed by atoms with Crippen LogP contribution >= 0.6 is 0 Å². The first-order valence-electron chi connectivity index (χ1n) is 9.21. The number of hydrogen-bond acceptors (Lipinski definition) is 6. The highest BCUT2D eigenvalue weighted by Gasteiger charge is 2.16. The van der Waals surface area contributed by atoms with Gasteiger partial charge in [-0.05, 0) is 31.2 Å². The maximum atomic E-state index is 12.6. The van der Waals surface area contributed by atoms with Gasteiger partial charge in [-0.3, -0.25) is 9.67 Å². The van der Waals surface area contributed by atoms with Gasteiger partial charge in [-0.25, -0.2) is 13.8 Å². The number of ether oxygens (including phenoxy) is 2. The third-order valence-electron chi connectivity index (χ3n) is 4.45. The molecule has 9 heteroatoms. The van der Waals surface area contributed by atoms with Gasteiger partial charge in [0, 0.05) is 31.1 Å². The zero-order chi connectivity index (χ0) is 19.3. The molecule has 1 N–H and O–H groups in total. The molecule has 3 aromatic heterocycles. The van der Waals surface area contributed by atoms with Crippen LogP contribution in [-0.2, 0) is 11.3 Å². The van der Waals surface area contributed by atoms with Gasteiger partial charge in [0.05, 0.1) is 22.8 Å². The van der Waals surface area contributed by atoms with Crippen LogP contribution in [0.1, 0.15) is 6.42 Å². The average molecular weight is 389 g/mol. The fourth-order valence-corrected chi connectivity index (χ4v) is 3.09. The van der Waals surface area contributed by atoms with Crippen molar-refractivity contribution in [3.63, 3.8) is 0 Å². The summed E-state index contributed by atoms with van der Waals surface area (Å²) in [6, 6.07) is 5.51. The molecule has 148 valence electrons. The summed E-state index contributed by atoms with van der Waals surface area (Å²) in [6.45, 7) is 2.25. The molecule has 0 radical (unpaired) electrons. The van der Waals surface area contributed by atoms with Crippen LogP contribution in [0.15, 0.2) is 36.8 Å². The van der Waals surface area contributed by atoms with Gasteiger partial charge in [-0.2, -0.15) is 5.10 Å². The van der Waals surface area contributed by atoms with Crippen LogP contribution in [-0.4, -0.2) is 58.6 Å². The summed E-state index contributed by atoms with van der Waals surface area (Å²) < 4.78 is 38.1. The number of aromatic nitrogens is 4. The van der Waals surface area contributed by atoms with Gasteiger partial charge in [0.25, 0.3) is 6.43 Å². The highest BCUT2D eigenvalue weighted by atomic mass is 19.3. The molecule has 0 aliphatic carbocycles. The lowest BCUT2D eigenvalue weighted by molar-refractivity contribution is 0.0317. The normalized spacial score (nSPS) is 17.8. The Balaban J connectivity index is 1.60. The molecule has 0 bridgehead atoms. The van der Waals surface area contributed by atoms with E-state index in [1.165, 1.54) is 10.9 Å². The summed E-state index contributed by atoms with van der Waals surface area (Å²) in [4.78, 5) is 8.97. The molecule has 0 unspecified atom stereocenters. The Morgan fingerprint density at radius 3 is 3.21 bits per heavy atom. The summed E-state index contributed by atoms with van der Waals surface area (Å²) in [5, 5.41) is 8.08. The Labute approximate surface area is 160 Å². The SMILES string of the molecule is FC(F)Cn1cc(-c2cc3ncccc3c(OC[C@@H]3CNCCCO3)n2)cn1. The number of fused-ring (bicyclic) bond motifs is 1. The fourth-order valence-electron chi connectivity index (χ4n) is 3.09. The van der Waals surface area contributed by atoms with Gasteiger partial charge >= 0.3 is 0 Å². The second-order valence-corrected chi connectivity index (χ2v) is 6.59. The minimum Gasteiger partial charge on any atom is -0.474 e. The molecule has 4 rings (SSSR count). The fraction of sp³-hybridized carbons (Fsp3) is 0.421. The molecule has 7 nitrogen and oxygen atoms in total. The van der Waals surface area contributed by atoms with Crippen molar-refractivity contribution in [3.8, 4) is 17.1 Å². The lowest BCUT2D eigenvalue weighted by Crippen LogP contribution is -2.31. The standard InChI is InChI=1S/C19H21F2N5O2/c20-18(21)11-26-10-13(8-24-26)16-7-17-15(3-1-5-23-17)19(25-16)28-12-14-9-22-4-2-6-27-14/h1,3,5,7-8,10,14,18,22H,2,4,6,9,11-12H2/t14-/m0/s1. The second kappa shape index (κ2) is 8.57. The van der Waals surface area contributed by atoms with E-state index in [0.717, 1.165) is 24.9 Å². The first kappa shape index (κ1) is 18.7. The summed E-state index contributed by atoms with van der Waals surface area (Å²) in [6.07, 6.45) is 3.20. The summed E-state index contributed by atoms with van der Waals surface area (Å²) in [7, 11) is 0. The van der Waals surface area contributed by atoms with Crippen LogP contribution in [0.5, 0.6) is 5.88 Å². The van der Waals surface area contributed by atoms with Crippen LogP contribution in [0.3, 0.4) is 0 Å². The van der Waals surface area contributed by atoms with Crippen LogP contribution in [0.2, 0.25) is 0 Å². The molecular weight excluding hydrogens is 368 g/mol. The number of nitrogens with zero attached hydrogens (tertiary/aromatic N) is 4. The number of alkyl halides is 2. The molecule has 1 saturated heterocycles. The number of pyridine rings is 2. The van der Waals surface area contributed by atoms with Crippen molar-refractivity contribution < 1.29 is 18.3 Å². The van der Waals surface area contributed by atoms with E-state index in [1.807, 2.05) is 12.1 Å². The Morgan fingerprint density at radius 2 is 2.32 bits per heavy atom. The van der Waals surface area contributed by atoms with Gasteiger partial charge in [-0.1, -0.05) is 0 Å². The second-order valence-electron chi connectivity index (χ2n) is 6.59. The minimum absolute atomic E-state index is 0.0616. The van der Waals surface area contributed by atoms with E-state index in [9.17, 15) is 8.78 Å². The van der Waals surface area contributed by atoms with Gasteiger partial charge < -0.3 is 14.8 Å². The van der Waals surface area contributed by atoms with Crippen molar-refractivity contribution in [2.24, 2.45) is 0 Å². The molecule has 1 atom stereocenters. The third kappa shape index (κ3) is 4.42. The molecule has 0 aromatic carbocycles. The molecule has 1 fully saturated rings. The van der Waals surface area contributed by atoms with E-state index in [0.29, 0.717) is 35.9 Å². The summed E-state index contributed by atoms with van der Waals surface area (Å²) in [5.74, 6) is 0.440. The zero-order valence-electron chi connectivity index (χ0n) is 15.2. The van der Waals surface area contributed by atoms with E-state index in [1.54, 1.807) is 18.5 Å². The van der Waals surface area contributed by atoms with E-state index in [2.05, 4.69) is 20.4 Å². The Morgan fingerprint density at radius 1 is 1.39 bits per heavy atom. The number of nitrogens with one attached hydrogen (secondary N) is 1. The van der Waals surface area contributed by atoms with Gasteiger partial charge in [0.2, 0.25) is 5.88 Å². The first-order chi connectivity index (χ1) is 13.7. The van der Waals surface area contributed by atoms with E-state index in [-0.39, 0.29) is 6.10 Å². The Hall–Kier alpha value is -2.65. The summed E-state index contributed by atoms with van der Waals surface area (Å²) >= 11 is 0. The maximum Gasteiger partial charge on any atom is 0.257 e. The largest absolute Gasteiger partial charge is 0.474 e. The predicted octanol–water partition coefficient (Wildman–Crippen LogP) is 2.52. The van der Waals surface area contributed by atoms with Crippen LogP contribution in [0.4, 0.5) is 8.78 Å². The van der Waals surface area contributed by atoms with E-state index >= 15 is 0 Å². The van der Waals surface area contributed by atoms with Gasteiger partial charge in [0.15, 0.2) is 0 Å². The monoisotopic (exact) mass is 389 g/mol. The van der Waals surface area contributed by atoms with Gasteiger partial charge in [-0.15, -0.1) is 0 Å². The van der Waals surface area contributed by atoms with Crippen molar-refractivity contribution >= 4 is 10.9 Å². The van der Waals surface area contributed by atoms with Crippen molar-refractivity contribution in [2.45, 2.75) is 25.5 Å². The van der Waals surface area contributed by atoms with Crippen molar-refractivity contribution in [1.29, 1.82) is 0 Å². The molecule has 1 aliphatic heterocycles. The van der Waals surface area contributed by atoms with Crippen LogP contribution in [0.25, 0.3) is 22.2 Å². The van der Waals surface area contributed by atoms with Crippen molar-refractivity contribution in [2.75, 3.05) is 26.3 Å². The molecule has 4 heterocycles. The molecular formula is C19H21F2N5O2. The minimum atomic E-state index is -2.47. The molecule has 0 spiro atoms.